The first kappa shape index (κ1) is 14.2. The van der Waals surface area contributed by atoms with Crippen molar-refractivity contribution >= 4 is 5.82 Å². The Kier molecular flexibility index (Phi) is 6.00. The van der Waals surface area contributed by atoms with E-state index in [0.29, 0.717) is 0 Å². The summed E-state index contributed by atoms with van der Waals surface area (Å²) in [5, 5.41) is 6.46. The van der Waals surface area contributed by atoms with Crippen LogP contribution in [-0.4, -0.2) is 67.9 Å². The molecule has 0 bridgehead atoms. The second-order valence-electron chi connectivity index (χ2n) is 4.59. The quantitative estimate of drug-likeness (QED) is 0.722. The van der Waals surface area contributed by atoms with Crippen molar-refractivity contribution in [1.29, 1.82) is 0 Å². The van der Waals surface area contributed by atoms with Crippen LogP contribution >= 0.6 is 0 Å². The topological polar surface area (TPSA) is 62.3 Å². The van der Waals surface area contributed by atoms with E-state index in [0.717, 1.165) is 64.0 Å². The standard InChI is InChI=1S/C13H23N5O/c1-14-4-2-12-15-5-3-13(17-12)16-6-7-18-8-10-19-11-9-18/h3,5,14H,2,4,6-11H2,1H3,(H,15,16,17). The predicted octanol–water partition coefficient (Wildman–Crippen LogP) is -0.0174. The Balaban J connectivity index is 1.72. The number of ether oxygens (including phenoxy) is 1. The van der Waals surface area contributed by atoms with Gasteiger partial charge in [-0.05, 0) is 13.1 Å². The number of nitrogens with zero attached hydrogens (tertiary/aromatic N) is 3. The van der Waals surface area contributed by atoms with Gasteiger partial charge < -0.3 is 15.4 Å². The molecule has 2 rings (SSSR count). The van der Waals surface area contributed by atoms with Gasteiger partial charge in [0.15, 0.2) is 0 Å². The molecule has 1 aliphatic heterocycles. The van der Waals surface area contributed by atoms with Crippen LogP contribution in [0.4, 0.5) is 5.82 Å². The summed E-state index contributed by atoms with van der Waals surface area (Å²) in [6.07, 6.45) is 2.67. The van der Waals surface area contributed by atoms with Crippen LogP contribution in [-0.2, 0) is 11.2 Å². The molecule has 19 heavy (non-hydrogen) atoms. The molecule has 6 nitrogen and oxygen atoms in total. The number of anilines is 1. The fraction of sp³-hybridized carbons (Fsp3) is 0.692. The molecular formula is C13H23N5O. The third kappa shape index (κ3) is 5.10. The van der Waals surface area contributed by atoms with Gasteiger partial charge in [-0.25, -0.2) is 9.97 Å². The van der Waals surface area contributed by atoms with Crippen LogP contribution in [0.1, 0.15) is 5.82 Å². The van der Waals surface area contributed by atoms with Crippen LogP contribution in [0.5, 0.6) is 0 Å². The summed E-state index contributed by atoms with van der Waals surface area (Å²) in [5.41, 5.74) is 0. The molecule has 106 valence electrons. The number of hydrogen-bond donors (Lipinski definition) is 2. The number of likely N-dealkylation sites (N-methyl/N-ethyl adjacent to an activating group) is 1. The Hall–Kier alpha value is -1.24. The zero-order valence-corrected chi connectivity index (χ0v) is 11.6. The normalized spacial score (nSPS) is 16.5. The molecule has 0 amide bonds. The molecule has 0 atom stereocenters. The molecule has 0 saturated carbocycles. The van der Waals surface area contributed by atoms with Crippen molar-refractivity contribution < 1.29 is 4.74 Å². The van der Waals surface area contributed by atoms with Gasteiger partial charge in [0.05, 0.1) is 13.2 Å². The highest BCUT2D eigenvalue weighted by Crippen LogP contribution is 2.02. The number of hydrogen-bond acceptors (Lipinski definition) is 6. The fourth-order valence-electron chi connectivity index (χ4n) is 2.02. The van der Waals surface area contributed by atoms with E-state index in [1.807, 2.05) is 19.3 Å². The Morgan fingerprint density at radius 1 is 1.32 bits per heavy atom. The summed E-state index contributed by atoms with van der Waals surface area (Å²) in [6, 6.07) is 1.92. The molecule has 0 radical (unpaired) electrons. The van der Waals surface area contributed by atoms with E-state index in [1.165, 1.54) is 0 Å². The maximum atomic E-state index is 5.33. The van der Waals surface area contributed by atoms with Gasteiger partial charge >= 0.3 is 0 Å². The minimum absolute atomic E-state index is 0.849. The van der Waals surface area contributed by atoms with Crippen molar-refractivity contribution in [2.45, 2.75) is 6.42 Å². The molecule has 1 aliphatic rings. The van der Waals surface area contributed by atoms with Gasteiger partial charge in [0.2, 0.25) is 0 Å². The maximum Gasteiger partial charge on any atom is 0.131 e. The summed E-state index contributed by atoms with van der Waals surface area (Å²) in [5.74, 6) is 1.79. The molecule has 0 unspecified atom stereocenters. The van der Waals surface area contributed by atoms with Gasteiger partial charge in [-0.3, -0.25) is 4.90 Å². The Morgan fingerprint density at radius 3 is 2.95 bits per heavy atom. The van der Waals surface area contributed by atoms with Crippen LogP contribution in [0.25, 0.3) is 0 Å². The van der Waals surface area contributed by atoms with E-state index < -0.39 is 0 Å². The van der Waals surface area contributed by atoms with E-state index in [4.69, 9.17) is 4.74 Å². The van der Waals surface area contributed by atoms with Gasteiger partial charge in [-0.15, -0.1) is 0 Å². The zero-order valence-electron chi connectivity index (χ0n) is 11.6. The monoisotopic (exact) mass is 265 g/mol. The van der Waals surface area contributed by atoms with E-state index in [2.05, 4.69) is 25.5 Å². The smallest absolute Gasteiger partial charge is 0.131 e. The van der Waals surface area contributed by atoms with Crippen LogP contribution in [0.2, 0.25) is 0 Å². The second kappa shape index (κ2) is 8.04. The van der Waals surface area contributed by atoms with Gasteiger partial charge in [0.1, 0.15) is 11.6 Å². The molecule has 6 heteroatoms. The number of aromatic nitrogens is 2. The lowest BCUT2D eigenvalue weighted by atomic mass is 10.4. The highest BCUT2D eigenvalue weighted by atomic mass is 16.5. The SMILES string of the molecule is CNCCc1nccc(NCCN2CCOCC2)n1. The van der Waals surface area contributed by atoms with Crippen LogP contribution < -0.4 is 10.6 Å². The average Bonchev–Trinajstić information content (AvgIpc) is 2.47. The lowest BCUT2D eigenvalue weighted by Crippen LogP contribution is -2.39. The molecule has 0 aromatic carbocycles. The Morgan fingerprint density at radius 2 is 2.16 bits per heavy atom. The highest BCUT2D eigenvalue weighted by molar-refractivity contribution is 5.32. The van der Waals surface area contributed by atoms with E-state index in [9.17, 15) is 0 Å². The fourth-order valence-corrected chi connectivity index (χ4v) is 2.02. The molecule has 1 aromatic heterocycles. The van der Waals surface area contributed by atoms with Gasteiger partial charge in [-0.1, -0.05) is 0 Å². The molecule has 0 aliphatic carbocycles. The van der Waals surface area contributed by atoms with Gasteiger partial charge in [0, 0.05) is 45.3 Å². The van der Waals surface area contributed by atoms with Gasteiger partial charge in [-0.2, -0.15) is 0 Å². The Labute approximate surface area is 114 Å². The van der Waals surface area contributed by atoms with E-state index in [1.54, 1.807) is 0 Å². The molecule has 2 N–H and O–H groups in total. The first-order valence-corrected chi connectivity index (χ1v) is 6.89. The third-order valence-corrected chi connectivity index (χ3v) is 3.14. The largest absolute Gasteiger partial charge is 0.379 e. The van der Waals surface area contributed by atoms with Crippen molar-refractivity contribution in [3.63, 3.8) is 0 Å². The summed E-state index contributed by atoms with van der Waals surface area (Å²) in [6.45, 7) is 6.58. The highest BCUT2D eigenvalue weighted by Gasteiger charge is 2.09. The third-order valence-electron chi connectivity index (χ3n) is 3.14. The summed E-state index contributed by atoms with van der Waals surface area (Å²) in [4.78, 5) is 11.1. The molecule has 1 saturated heterocycles. The predicted molar refractivity (Wildman–Crippen MR) is 75.4 cm³/mol. The molecule has 1 fully saturated rings. The van der Waals surface area contributed by atoms with Crippen LogP contribution in [0, 0.1) is 0 Å². The van der Waals surface area contributed by atoms with E-state index >= 15 is 0 Å². The van der Waals surface area contributed by atoms with Crippen molar-refractivity contribution in [3.05, 3.63) is 18.1 Å². The molecular weight excluding hydrogens is 242 g/mol. The number of nitrogens with one attached hydrogen (secondary N) is 2. The molecule has 1 aromatic rings. The van der Waals surface area contributed by atoms with Crippen molar-refractivity contribution in [2.24, 2.45) is 0 Å². The first-order chi connectivity index (χ1) is 9.38. The van der Waals surface area contributed by atoms with Crippen LogP contribution in [0.3, 0.4) is 0 Å². The maximum absolute atomic E-state index is 5.33. The van der Waals surface area contributed by atoms with Crippen molar-refractivity contribution in [1.82, 2.24) is 20.2 Å². The van der Waals surface area contributed by atoms with Crippen molar-refractivity contribution in [2.75, 3.05) is 58.3 Å². The van der Waals surface area contributed by atoms with Gasteiger partial charge in [0.25, 0.3) is 0 Å². The van der Waals surface area contributed by atoms with Crippen molar-refractivity contribution in [3.8, 4) is 0 Å². The number of morpholine rings is 1. The molecule has 2 heterocycles. The number of rotatable bonds is 7. The first-order valence-electron chi connectivity index (χ1n) is 6.89. The van der Waals surface area contributed by atoms with Crippen LogP contribution in [0.15, 0.2) is 12.3 Å². The summed E-state index contributed by atoms with van der Waals surface area (Å²) < 4.78 is 5.33. The zero-order chi connectivity index (χ0) is 13.3. The second-order valence-corrected chi connectivity index (χ2v) is 4.59. The lowest BCUT2D eigenvalue weighted by Gasteiger charge is -2.26. The minimum Gasteiger partial charge on any atom is -0.379 e. The molecule has 0 spiro atoms. The average molecular weight is 265 g/mol. The van der Waals surface area contributed by atoms with E-state index in [-0.39, 0.29) is 0 Å². The minimum atomic E-state index is 0.849. The lowest BCUT2D eigenvalue weighted by molar-refractivity contribution is 0.0398. The Bertz CT molecular complexity index is 368. The summed E-state index contributed by atoms with van der Waals surface area (Å²) in [7, 11) is 1.93. The summed E-state index contributed by atoms with van der Waals surface area (Å²) >= 11 is 0.